The number of halogens is 4. The molecule has 0 fully saturated rings. The molecule has 0 atom stereocenters. The van der Waals surface area contributed by atoms with E-state index < -0.39 is 41.5 Å². The van der Waals surface area contributed by atoms with Crippen molar-refractivity contribution in [2.24, 2.45) is 0 Å². The van der Waals surface area contributed by atoms with Gasteiger partial charge in [0.15, 0.2) is 17.5 Å². The molecular formula is C14H9ClF3N3O2. The van der Waals surface area contributed by atoms with Crippen molar-refractivity contribution < 1.29 is 22.8 Å². The van der Waals surface area contributed by atoms with Crippen molar-refractivity contribution in [3.05, 3.63) is 58.6 Å². The molecule has 0 aliphatic carbocycles. The first kappa shape index (κ1) is 16.8. The highest BCUT2D eigenvalue weighted by molar-refractivity contribution is 6.32. The third kappa shape index (κ3) is 3.98. The fraction of sp³-hybridized carbons (Fsp3) is 0.0714. The van der Waals surface area contributed by atoms with Crippen molar-refractivity contribution >= 4 is 29.1 Å². The van der Waals surface area contributed by atoms with Crippen LogP contribution in [0.4, 0.5) is 18.9 Å². The number of carbonyl (C=O) groups is 2. The van der Waals surface area contributed by atoms with Crippen LogP contribution < -0.4 is 10.6 Å². The maximum Gasteiger partial charge on any atom is 0.254 e. The van der Waals surface area contributed by atoms with Crippen LogP contribution in [0.15, 0.2) is 30.5 Å². The van der Waals surface area contributed by atoms with Gasteiger partial charge in [0.1, 0.15) is 5.15 Å². The number of aromatic nitrogens is 1. The van der Waals surface area contributed by atoms with Gasteiger partial charge in [-0.05, 0) is 24.3 Å². The normalized spacial score (nSPS) is 10.3. The topological polar surface area (TPSA) is 71.1 Å². The highest BCUT2D eigenvalue weighted by atomic mass is 35.5. The van der Waals surface area contributed by atoms with Gasteiger partial charge >= 0.3 is 0 Å². The maximum absolute atomic E-state index is 13.4. The van der Waals surface area contributed by atoms with Crippen LogP contribution in [0.3, 0.4) is 0 Å². The molecule has 0 unspecified atom stereocenters. The van der Waals surface area contributed by atoms with Crippen molar-refractivity contribution in [3.63, 3.8) is 0 Å². The molecule has 0 saturated carbocycles. The lowest BCUT2D eigenvalue weighted by molar-refractivity contribution is -0.115. The molecule has 1 heterocycles. The smallest absolute Gasteiger partial charge is 0.254 e. The van der Waals surface area contributed by atoms with Crippen LogP contribution in [0, 0.1) is 17.5 Å². The van der Waals surface area contributed by atoms with Crippen molar-refractivity contribution in [2.45, 2.75) is 0 Å². The van der Waals surface area contributed by atoms with Crippen molar-refractivity contribution in [1.82, 2.24) is 10.3 Å². The Morgan fingerprint density at radius 3 is 2.57 bits per heavy atom. The maximum atomic E-state index is 13.4. The van der Waals surface area contributed by atoms with E-state index in [1.807, 2.05) is 5.32 Å². The molecule has 1 aromatic heterocycles. The molecule has 0 saturated heterocycles. The lowest BCUT2D eigenvalue weighted by Gasteiger charge is -2.09. The minimum atomic E-state index is -1.70. The van der Waals surface area contributed by atoms with Gasteiger partial charge in [-0.15, -0.1) is 0 Å². The third-order valence-electron chi connectivity index (χ3n) is 2.72. The summed E-state index contributed by atoms with van der Waals surface area (Å²) in [5, 5.41) is 4.21. The highest BCUT2D eigenvalue weighted by Gasteiger charge is 2.16. The van der Waals surface area contributed by atoms with E-state index in [1.54, 1.807) is 0 Å². The summed E-state index contributed by atoms with van der Waals surface area (Å²) in [7, 11) is 0. The molecule has 2 aromatic rings. The summed E-state index contributed by atoms with van der Waals surface area (Å²) in [6.45, 7) is -0.525. The zero-order valence-corrected chi connectivity index (χ0v) is 12.1. The second kappa shape index (κ2) is 7.10. The van der Waals surface area contributed by atoms with Gasteiger partial charge in [-0.3, -0.25) is 9.59 Å². The Morgan fingerprint density at radius 2 is 1.87 bits per heavy atom. The fourth-order valence-corrected chi connectivity index (χ4v) is 1.83. The zero-order chi connectivity index (χ0) is 17.0. The average Bonchev–Trinajstić information content (AvgIpc) is 2.53. The van der Waals surface area contributed by atoms with Crippen LogP contribution in [0.25, 0.3) is 0 Å². The average molecular weight is 344 g/mol. The zero-order valence-electron chi connectivity index (χ0n) is 11.4. The van der Waals surface area contributed by atoms with Crippen LogP contribution in [0.5, 0.6) is 0 Å². The number of carbonyl (C=O) groups excluding carboxylic acids is 2. The molecule has 1 aromatic carbocycles. The van der Waals surface area contributed by atoms with Gasteiger partial charge in [0.25, 0.3) is 5.91 Å². The second-order valence-electron chi connectivity index (χ2n) is 4.30. The Morgan fingerprint density at radius 1 is 1.13 bits per heavy atom. The van der Waals surface area contributed by atoms with Gasteiger partial charge in [-0.2, -0.15) is 0 Å². The Hall–Kier alpha value is -2.61. The summed E-state index contributed by atoms with van der Waals surface area (Å²) < 4.78 is 39.2. The number of rotatable bonds is 4. The minimum absolute atomic E-state index is 0.0444. The Kier molecular flexibility index (Phi) is 5.17. The number of pyridine rings is 1. The number of nitrogens with one attached hydrogen (secondary N) is 2. The van der Waals surface area contributed by atoms with Crippen molar-refractivity contribution in [1.29, 1.82) is 0 Å². The molecule has 0 aliphatic rings. The number of amides is 2. The van der Waals surface area contributed by atoms with E-state index in [-0.39, 0.29) is 10.7 Å². The van der Waals surface area contributed by atoms with Crippen LogP contribution >= 0.6 is 11.6 Å². The van der Waals surface area contributed by atoms with E-state index in [9.17, 15) is 22.8 Å². The first-order valence-corrected chi connectivity index (χ1v) is 6.60. The van der Waals surface area contributed by atoms with E-state index in [0.29, 0.717) is 6.07 Å². The molecule has 5 nitrogen and oxygen atoms in total. The van der Waals surface area contributed by atoms with Crippen LogP contribution in [-0.4, -0.2) is 23.3 Å². The number of nitrogens with zero attached hydrogens (tertiary/aromatic N) is 1. The largest absolute Gasteiger partial charge is 0.343 e. The molecule has 120 valence electrons. The van der Waals surface area contributed by atoms with Crippen LogP contribution in [0.2, 0.25) is 5.15 Å². The third-order valence-corrected chi connectivity index (χ3v) is 3.02. The molecule has 0 bridgehead atoms. The van der Waals surface area contributed by atoms with Gasteiger partial charge in [-0.25, -0.2) is 18.2 Å². The summed E-state index contributed by atoms with van der Waals surface area (Å²) in [4.78, 5) is 27.1. The highest BCUT2D eigenvalue weighted by Crippen LogP contribution is 2.19. The molecular weight excluding hydrogens is 335 g/mol. The monoisotopic (exact) mass is 343 g/mol. The molecule has 23 heavy (non-hydrogen) atoms. The van der Waals surface area contributed by atoms with Gasteiger partial charge in [0.05, 0.1) is 17.8 Å². The van der Waals surface area contributed by atoms with Crippen molar-refractivity contribution in [2.75, 3.05) is 11.9 Å². The number of anilines is 1. The standard InChI is InChI=1S/C14H9ClF3N3O2/c15-13-7(2-1-5-19-13)14(23)20-6-10(22)21-9-4-3-8(16)11(17)12(9)18/h1-5H,6H2,(H,20,23)(H,21,22). The van der Waals surface area contributed by atoms with E-state index in [4.69, 9.17) is 11.6 Å². The predicted molar refractivity (Wildman–Crippen MR) is 76.5 cm³/mol. The SMILES string of the molecule is O=C(CNC(=O)c1cccnc1Cl)Nc1ccc(F)c(F)c1F. The molecule has 0 radical (unpaired) electrons. The Labute approximate surface area is 133 Å². The van der Waals surface area contributed by atoms with Crippen LogP contribution in [0.1, 0.15) is 10.4 Å². The van der Waals surface area contributed by atoms with E-state index >= 15 is 0 Å². The summed E-state index contributed by atoms with van der Waals surface area (Å²) >= 11 is 5.72. The summed E-state index contributed by atoms with van der Waals surface area (Å²) in [5.74, 6) is -6.10. The minimum Gasteiger partial charge on any atom is -0.343 e. The molecule has 0 aliphatic heterocycles. The number of hydrogen-bond acceptors (Lipinski definition) is 3. The van der Waals surface area contributed by atoms with Gasteiger partial charge in [0, 0.05) is 6.20 Å². The summed E-state index contributed by atoms with van der Waals surface area (Å²) in [6.07, 6.45) is 1.39. The first-order chi connectivity index (χ1) is 10.9. The Bertz CT molecular complexity index is 771. The summed E-state index contributed by atoms with van der Waals surface area (Å²) in [6, 6.07) is 4.42. The van der Waals surface area contributed by atoms with Gasteiger partial charge < -0.3 is 10.6 Å². The quantitative estimate of drug-likeness (QED) is 0.662. The first-order valence-electron chi connectivity index (χ1n) is 6.22. The lowest BCUT2D eigenvalue weighted by Crippen LogP contribution is -2.33. The number of hydrogen-bond donors (Lipinski definition) is 2. The summed E-state index contributed by atoms with van der Waals surface area (Å²) in [5.41, 5.74) is -0.483. The lowest BCUT2D eigenvalue weighted by atomic mass is 10.2. The van der Waals surface area contributed by atoms with Gasteiger partial charge in [-0.1, -0.05) is 11.6 Å². The second-order valence-corrected chi connectivity index (χ2v) is 4.65. The Balaban J connectivity index is 1.97. The molecule has 2 N–H and O–H groups in total. The van der Waals surface area contributed by atoms with Crippen molar-refractivity contribution in [3.8, 4) is 0 Å². The van der Waals surface area contributed by atoms with Crippen LogP contribution in [-0.2, 0) is 4.79 Å². The predicted octanol–water partition coefficient (Wildman–Crippen LogP) is 2.52. The van der Waals surface area contributed by atoms with E-state index in [0.717, 1.165) is 6.07 Å². The van der Waals surface area contributed by atoms with E-state index in [1.165, 1.54) is 18.3 Å². The molecule has 2 rings (SSSR count). The van der Waals surface area contributed by atoms with E-state index in [2.05, 4.69) is 10.3 Å². The fourth-order valence-electron chi connectivity index (χ4n) is 1.63. The molecule has 0 spiro atoms. The van der Waals surface area contributed by atoms with Gasteiger partial charge in [0.2, 0.25) is 5.91 Å². The molecule has 9 heteroatoms. The molecule has 2 amide bonds. The number of benzene rings is 1.